The Kier molecular flexibility index (Phi) is 5.05. The van der Waals surface area contributed by atoms with Crippen LogP contribution in [0.1, 0.15) is 5.56 Å². The lowest BCUT2D eigenvalue weighted by molar-refractivity contribution is 0.0322. The fraction of sp³-hybridized carbons (Fsp3) is 0.412. The molecule has 0 bridgehead atoms. The lowest BCUT2D eigenvalue weighted by Crippen LogP contribution is -2.38. The fourth-order valence-electron chi connectivity index (χ4n) is 2.59. The second-order valence-corrected chi connectivity index (χ2v) is 5.59. The van der Waals surface area contributed by atoms with Crippen LogP contribution >= 0.6 is 0 Å². The predicted octanol–water partition coefficient (Wildman–Crippen LogP) is 1.46. The molecule has 0 spiro atoms. The van der Waals surface area contributed by atoms with Gasteiger partial charge in [-0.25, -0.2) is 5.10 Å². The summed E-state index contributed by atoms with van der Waals surface area (Å²) in [6.45, 7) is 7.14. The monoisotopic (exact) mass is 315 g/mol. The van der Waals surface area contributed by atoms with Crippen LogP contribution < -0.4 is 10.3 Å². The molecule has 2 heterocycles. The lowest BCUT2D eigenvalue weighted by Gasteiger charge is -2.26. The van der Waals surface area contributed by atoms with E-state index in [-0.39, 0.29) is 5.56 Å². The number of nitrogens with one attached hydrogen (secondary N) is 1. The Morgan fingerprint density at radius 3 is 2.78 bits per heavy atom. The first kappa shape index (κ1) is 15.7. The molecule has 6 nitrogen and oxygen atoms in total. The molecular formula is C17H21N3O3. The Balaban J connectivity index is 1.60. The number of aromatic nitrogens is 2. The molecular weight excluding hydrogens is 294 g/mol. The molecule has 2 aromatic rings. The third kappa shape index (κ3) is 4.18. The van der Waals surface area contributed by atoms with Gasteiger partial charge in [0, 0.05) is 31.3 Å². The van der Waals surface area contributed by atoms with Crippen LogP contribution in [0.4, 0.5) is 0 Å². The second-order valence-electron chi connectivity index (χ2n) is 5.59. The zero-order valence-electron chi connectivity index (χ0n) is 13.2. The molecule has 0 unspecified atom stereocenters. The zero-order chi connectivity index (χ0) is 16.1. The molecule has 1 saturated heterocycles. The molecule has 1 aromatic carbocycles. The molecule has 23 heavy (non-hydrogen) atoms. The van der Waals surface area contributed by atoms with Crippen LogP contribution in [0.25, 0.3) is 11.3 Å². The maximum Gasteiger partial charge on any atom is 0.264 e. The van der Waals surface area contributed by atoms with E-state index < -0.39 is 0 Å². The molecule has 1 aliphatic rings. The average molecular weight is 315 g/mol. The standard InChI is InChI=1S/C17H21N3O3/c1-13-12-14(15-3-5-17(21)19-18-15)2-4-16(13)23-11-8-20-6-9-22-10-7-20/h2-5,12H,6-11H2,1H3,(H,19,21). The van der Waals surface area contributed by atoms with Crippen molar-refractivity contribution >= 4 is 0 Å². The minimum atomic E-state index is -0.200. The van der Waals surface area contributed by atoms with Crippen LogP contribution in [0.3, 0.4) is 0 Å². The van der Waals surface area contributed by atoms with Gasteiger partial charge in [-0.1, -0.05) is 0 Å². The topological polar surface area (TPSA) is 67.5 Å². The summed E-state index contributed by atoms with van der Waals surface area (Å²) in [5.41, 5.74) is 2.55. The van der Waals surface area contributed by atoms with E-state index in [1.54, 1.807) is 6.07 Å². The average Bonchev–Trinajstić information content (AvgIpc) is 2.58. The van der Waals surface area contributed by atoms with Gasteiger partial charge in [-0.05, 0) is 36.8 Å². The van der Waals surface area contributed by atoms with Crippen molar-refractivity contribution < 1.29 is 9.47 Å². The maximum absolute atomic E-state index is 11.1. The highest BCUT2D eigenvalue weighted by atomic mass is 16.5. The summed E-state index contributed by atoms with van der Waals surface area (Å²) in [5, 5.41) is 6.50. The van der Waals surface area contributed by atoms with Crippen molar-refractivity contribution in [2.75, 3.05) is 39.5 Å². The molecule has 3 rings (SSSR count). The van der Waals surface area contributed by atoms with E-state index in [2.05, 4.69) is 15.1 Å². The molecule has 122 valence electrons. The van der Waals surface area contributed by atoms with Gasteiger partial charge in [0.1, 0.15) is 12.4 Å². The number of benzene rings is 1. The SMILES string of the molecule is Cc1cc(-c2ccc(=O)[nH]n2)ccc1OCCN1CCOCC1. The first-order chi connectivity index (χ1) is 11.2. The van der Waals surface area contributed by atoms with E-state index in [0.29, 0.717) is 6.61 Å². The quantitative estimate of drug-likeness (QED) is 0.905. The molecule has 1 aliphatic heterocycles. The van der Waals surface area contributed by atoms with E-state index in [1.807, 2.05) is 25.1 Å². The Hall–Kier alpha value is -2.18. The maximum atomic E-state index is 11.1. The van der Waals surface area contributed by atoms with Gasteiger partial charge < -0.3 is 9.47 Å². The molecule has 0 saturated carbocycles. The number of aromatic amines is 1. The highest BCUT2D eigenvalue weighted by Crippen LogP contribution is 2.24. The van der Waals surface area contributed by atoms with Crippen molar-refractivity contribution in [3.05, 3.63) is 46.2 Å². The van der Waals surface area contributed by atoms with E-state index in [9.17, 15) is 4.79 Å². The minimum absolute atomic E-state index is 0.200. The van der Waals surface area contributed by atoms with Crippen molar-refractivity contribution in [2.45, 2.75) is 6.92 Å². The van der Waals surface area contributed by atoms with E-state index >= 15 is 0 Å². The zero-order valence-corrected chi connectivity index (χ0v) is 13.2. The Bertz CT molecular complexity index is 688. The normalized spacial score (nSPS) is 15.5. The van der Waals surface area contributed by atoms with Crippen LogP contribution in [0.2, 0.25) is 0 Å². The Morgan fingerprint density at radius 2 is 2.09 bits per heavy atom. The third-order valence-electron chi connectivity index (χ3n) is 3.92. The summed E-state index contributed by atoms with van der Waals surface area (Å²) in [6.07, 6.45) is 0. The summed E-state index contributed by atoms with van der Waals surface area (Å²) >= 11 is 0. The molecule has 1 aromatic heterocycles. The van der Waals surface area contributed by atoms with Crippen molar-refractivity contribution in [3.63, 3.8) is 0 Å². The fourth-order valence-corrected chi connectivity index (χ4v) is 2.59. The van der Waals surface area contributed by atoms with Crippen LogP contribution in [0, 0.1) is 6.92 Å². The molecule has 0 amide bonds. The Morgan fingerprint density at radius 1 is 1.26 bits per heavy atom. The number of ether oxygens (including phenoxy) is 2. The van der Waals surface area contributed by atoms with Gasteiger partial charge in [-0.15, -0.1) is 0 Å². The van der Waals surface area contributed by atoms with Crippen molar-refractivity contribution in [1.29, 1.82) is 0 Å². The van der Waals surface area contributed by atoms with E-state index in [0.717, 1.165) is 55.4 Å². The molecule has 1 N–H and O–H groups in total. The van der Waals surface area contributed by atoms with Crippen LogP contribution in [-0.2, 0) is 4.74 Å². The van der Waals surface area contributed by atoms with Crippen LogP contribution in [-0.4, -0.2) is 54.6 Å². The van der Waals surface area contributed by atoms with Gasteiger partial charge in [0.25, 0.3) is 5.56 Å². The summed E-state index contributed by atoms with van der Waals surface area (Å²) in [4.78, 5) is 13.4. The second kappa shape index (κ2) is 7.39. The molecule has 0 aliphatic carbocycles. The molecule has 6 heteroatoms. The third-order valence-corrected chi connectivity index (χ3v) is 3.92. The van der Waals surface area contributed by atoms with Crippen molar-refractivity contribution in [2.24, 2.45) is 0 Å². The van der Waals surface area contributed by atoms with E-state index in [1.165, 1.54) is 6.07 Å². The lowest BCUT2D eigenvalue weighted by atomic mass is 10.1. The smallest absolute Gasteiger partial charge is 0.264 e. The number of hydrogen-bond acceptors (Lipinski definition) is 5. The highest BCUT2D eigenvalue weighted by Gasteiger charge is 2.10. The number of morpholine rings is 1. The summed E-state index contributed by atoms with van der Waals surface area (Å²) in [6, 6.07) is 9.12. The molecule has 1 fully saturated rings. The summed E-state index contributed by atoms with van der Waals surface area (Å²) < 4.78 is 11.2. The molecule has 0 radical (unpaired) electrons. The number of rotatable bonds is 5. The van der Waals surface area contributed by atoms with Crippen LogP contribution in [0.15, 0.2) is 35.1 Å². The minimum Gasteiger partial charge on any atom is -0.492 e. The van der Waals surface area contributed by atoms with Crippen molar-refractivity contribution in [3.8, 4) is 17.0 Å². The number of nitrogens with zero attached hydrogens (tertiary/aromatic N) is 2. The van der Waals surface area contributed by atoms with Crippen LogP contribution in [0.5, 0.6) is 5.75 Å². The van der Waals surface area contributed by atoms with Gasteiger partial charge in [-0.2, -0.15) is 5.10 Å². The molecule has 0 atom stereocenters. The van der Waals surface area contributed by atoms with Gasteiger partial charge in [-0.3, -0.25) is 9.69 Å². The predicted molar refractivity (Wildman–Crippen MR) is 87.8 cm³/mol. The first-order valence-electron chi connectivity index (χ1n) is 7.82. The van der Waals surface area contributed by atoms with E-state index in [4.69, 9.17) is 9.47 Å². The van der Waals surface area contributed by atoms with Gasteiger partial charge in [0.05, 0.1) is 18.9 Å². The van der Waals surface area contributed by atoms with Gasteiger partial charge >= 0.3 is 0 Å². The number of hydrogen-bond donors (Lipinski definition) is 1. The number of H-pyrrole nitrogens is 1. The Labute approximate surface area is 135 Å². The summed E-state index contributed by atoms with van der Waals surface area (Å²) in [5.74, 6) is 0.881. The highest BCUT2D eigenvalue weighted by molar-refractivity contribution is 5.61. The summed E-state index contributed by atoms with van der Waals surface area (Å²) in [7, 11) is 0. The largest absolute Gasteiger partial charge is 0.492 e. The van der Waals surface area contributed by atoms with Gasteiger partial charge in [0.2, 0.25) is 0 Å². The number of aryl methyl sites for hydroxylation is 1. The first-order valence-corrected chi connectivity index (χ1v) is 7.82. The van der Waals surface area contributed by atoms with Gasteiger partial charge in [0.15, 0.2) is 0 Å². The van der Waals surface area contributed by atoms with Crippen molar-refractivity contribution in [1.82, 2.24) is 15.1 Å².